The molecular formula is C15H10Cl2N2O. The molecule has 0 saturated heterocycles. The summed E-state index contributed by atoms with van der Waals surface area (Å²) in [6.07, 6.45) is 1.80. The number of hydrogen-bond acceptors (Lipinski definition) is 1. The summed E-state index contributed by atoms with van der Waals surface area (Å²) >= 11 is 12.0. The number of H-pyrrole nitrogens is 1. The van der Waals surface area contributed by atoms with Gasteiger partial charge in [-0.15, -0.1) is 0 Å². The number of fused-ring (bicyclic) bond motifs is 1. The van der Waals surface area contributed by atoms with Gasteiger partial charge in [-0.2, -0.15) is 0 Å². The highest BCUT2D eigenvalue weighted by Gasteiger charge is 2.13. The number of carbonyl (C=O) groups is 1. The Hall–Kier alpha value is -1.97. The van der Waals surface area contributed by atoms with E-state index in [9.17, 15) is 4.79 Å². The van der Waals surface area contributed by atoms with E-state index in [0.717, 1.165) is 10.9 Å². The number of aromatic nitrogens is 1. The molecule has 0 aliphatic rings. The quantitative estimate of drug-likeness (QED) is 0.706. The van der Waals surface area contributed by atoms with Crippen molar-refractivity contribution in [3.63, 3.8) is 0 Å². The molecule has 5 heteroatoms. The molecule has 2 aromatic carbocycles. The first kappa shape index (κ1) is 13.0. The molecule has 1 amide bonds. The van der Waals surface area contributed by atoms with Crippen molar-refractivity contribution in [2.24, 2.45) is 0 Å². The average Bonchev–Trinajstić information content (AvgIpc) is 2.92. The van der Waals surface area contributed by atoms with Crippen LogP contribution in [0.3, 0.4) is 0 Å². The molecular weight excluding hydrogens is 295 g/mol. The minimum absolute atomic E-state index is 0.223. The Morgan fingerprint density at radius 3 is 2.70 bits per heavy atom. The second-order valence-electron chi connectivity index (χ2n) is 4.30. The zero-order valence-electron chi connectivity index (χ0n) is 10.3. The van der Waals surface area contributed by atoms with Crippen molar-refractivity contribution < 1.29 is 4.79 Å². The van der Waals surface area contributed by atoms with Crippen LogP contribution in [0, 0.1) is 0 Å². The fraction of sp³-hybridized carbons (Fsp3) is 0. The maximum atomic E-state index is 12.4. The third-order valence-electron chi connectivity index (χ3n) is 3.04. The summed E-state index contributed by atoms with van der Waals surface area (Å²) in [5, 5.41) is 4.39. The molecule has 0 spiro atoms. The Bertz CT molecular complexity index is 795. The summed E-state index contributed by atoms with van der Waals surface area (Å²) in [4.78, 5) is 15.4. The van der Waals surface area contributed by atoms with Crippen LogP contribution in [0.2, 0.25) is 10.0 Å². The molecule has 3 aromatic rings. The van der Waals surface area contributed by atoms with E-state index in [4.69, 9.17) is 23.2 Å². The maximum Gasteiger partial charge on any atom is 0.256 e. The monoisotopic (exact) mass is 304 g/mol. The largest absolute Gasteiger partial charge is 0.361 e. The molecule has 0 bridgehead atoms. The molecule has 2 N–H and O–H groups in total. The van der Waals surface area contributed by atoms with Crippen LogP contribution in [-0.2, 0) is 0 Å². The van der Waals surface area contributed by atoms with Gasteiger partial charge in [0, 0.05) is 22.7 Å². The zero-order chi connectivity index (χ0) is 14.1. The Morgan fingerprint density at radius 2 is 1.85 bits per heavy atom. The van der Waals surface area contributed by atoms with Crippen LogP contribution in [0.25, 0.3) is 10.9 Å². The van der Waals surface area contributed by atoms with E-state index in [1.54, 1.807) is 30.5 Å². The third-order valence-corrected chi connectivity index (χ3v) is 3.86. The molecule has 3 nitrogen and oxygen atoms in total. The summed E-state index contributed by atoms with van der Waals surface area (Å²) in [7, 11) is 0. The lowest BCUT2D eigenvalue weighted by Crippen LogP contribution is -2.12. The van der Waals surface area contributed by atoms with Gasteiger partial charge in [0.1, 0.15) is 0 Å². The Morgan fingerprint density at radius 1 is 1.05 bits per heavy atom. The molecule has 1 aromatic heterocycles. The van der Waals surface area contributed by atoms with Crippen LogP contribution in [0.5, 0.6) is 0 Å². The van der Waals surface area contributed by atoms with Gasteiger partial charge in [-0.1, -0.05) is 35.3 Å². The highest BCUT2D eigenvalue weighted by Crippen LogP contribution is 2.30. The second-order valence-corrected chi connectivity index (χ2v) is 5.09. The normalized spacial score (nSPS) is 10.7. The minimum atomic E-state index is -0.223. The molecule has 0 atom stereocenters. The number of aromatic amines is 1. The minimum Gasteiger partial charge on any atom is -0.361 e. The second kappa shape index (κ2) is 5.19. The summed E-state index contributed by atoms with van der Waals surface area (Å²) in [5.41, 5.74) is 1.99. The lowest BCUT2D eigenvalue weighted by Gasteiger charge is -2.09. The molecule has 100 valence electrons. The van der Waals surface area contributed by atoms with Gasteiger partial charge in [-0.3, -0.25) is 4.79 Å². The predicted octanol–water partition coefficient (Wildman–Crippen LogP) is 4.73. The fourth-order valence-electron chi connectivity index (χ4n) is 2.07. The highest BCUT2D eigenvalue weighted by molar-refractivity contribution is 6.44. The van der Waals surface area contributed by atoms with Crippen molar-refractivity contribution in [1.29, 1.82) is 0 Å². The van der Waals surface area contributed by atoms with Crippen molar-refractivity contribution in [2.75, 3.05) is 5.32 Å². The number of hydrogen-bond donors (Lipinski definition) is 2. The number of rotatable bonds is 2. The molecule has 0 radical (unpaired) electrons. The molecule has 0 unspecified atom stereocenters. The van der Waals surface area contributed by atoms with Crippen LogP contribution in [-0.4, -0.2) is 10.9 Å². The first-order valence-electron chi connectivity index (χ1n) is 5.98. The van der Waals surface area contributed by atoms with Crippen LogP contribution in [0.1, 0.15) is 10.4 Å². The zero-order valence-corrected chi connectivity index (χ0v) is 11.8. The Kier molecular flexibility index (Phi) is 3.38. The van der Waals surface area contributed by atoms with E-state index in [1.807, 2.05) is 18.2 Å². The van der Waals surface area contributed by atoms with E-state index in [2.05, 4.69) is 10.3 Å². The Labute approximate surface area is 125 Å². The number of amides is 1. The summed E-state index contributed by atoms with van der Waals surface area (Å²) in [6, 6.07) is 12.5. The standard InChI is InChI=1S/C15H10Cl2N2O/c16-11-4-2-6-13(14(11)17)19-15(20)10-3-1-5-12-9(10)7-8-18-12/h1-8,18H,(H,19,20). The van der Waals surface area contributed by atoms with Crippen molar-refractivity contribution >= 4 is 45.7 Å². The van der Waals surface area contributed by atoms with Crippen LogP contribution < -0.4 is 5.32 Å². The van der Waals surface area contributed by atoms with Gasteiger partial charge in [0.25, 0.3) is 5.91 Å². The highest BCUT2D eigenvalue weighted by atomic mass is 35.5. The summed E-state index contributed by atoms with van der Waals surface area (Å²) in [6.45, 7) is 0. The SMILES string of the molecule is O=C(Nc1cccc(Cl)c1Cl)c1cccc2[nH]ccc12. The molecule has 1 heterocycles. The van der Waals surface area contributed by atoms with Gasteiger partial charge in [-0.05, 0) is 30.3 Å². The summed E-state index contributed by atoms with van der Waals surface area (Å²) < 4.78 is 0. The van der Waals surface area contributed by atoms with Crippen molar-refractivity contribution in [3.8, 4) is 0 Å². The number of carbonyl (C=O) groups excluding carboxylic acids is 1. The van der Waals surface area contributed by atoms with Crippen molar-refractivity contribution in [2.45, 2.75) is 0 Å². The summed E-state index contributed by atoms with van der Waals surface area (Å²) in [5.74, 6) is -0.223. The molecule has 0 aliphatic heterocycles. The number of halogens is 2. The lowest BCUT2D eigenvalue weighted by atomic mass is 10.1. The van der Waals surface area contributed by atoms with Crippen molar-refractivity contribution in [3.05, 3.63) is 64.3 Å². The molecule has 0 fully saturated rings. The van der Waals surface area contributed by atoms with Gasteiger partial charge < -0.3 is 10.3 Å². The lowest BCUT2D eigenvalue weighted by molar-refractivity contribution is 0.102. The van der Waals surface area contributed by atoms with Crippen LogP contribution in [0.4, 0.5) is 5.69 Å². The number of nitrogens with one attached hydrogen (secondary N) is 2. The Balaban J connectivity index is 1.97. The molecule has 0 aliphatic carbocycles. The van der Waals surface area contributed by atoms with Gasteiger partial charge in [0.2, 0.25) is 0 Å². The van der Waals surface area contributed by atoms with Gasteiger partial charge in [0.15, 0.2) is 0 Å². The maximum absolute atomic E-state index is 12.4. The number of anilines is 1. The van der Waals surface area contributed by atoms with E-state index in [-0.39, 0.29) is 5.91 Å². The van der Waals surface area contributed by atoms with E-state index in [0.29, 0.717) is 21.3 Å². The van der Waals surface area contributed by atoms with E-state index >= 15 is 0 Å². The fourth-order valence-corrected chi connectivity index (χ4v) is 2.42. The van der Waals surface area contributed by atoms with Gasteiger partial charge >= 0.3 is 0 Å². The molecule has 0 saturated carbocycles. The van der Waals surface area contributed by atoms with Crippen LogP contribution in [0.15, 0.2) is 48.7 Å². The molecule has 3 rings (SSSR count). The number of benzene rings is 2. The molecule has 20 heavy (non-hydrogen) atoms. The van der Waals surface area contributed by atoms with Crippen LogP contribution >= 0.6 is 23.2 Å². The predicted molar refractivity (Wildman–Crippen MR) is 82.7 cm³/mol. The average molecular weight is 305 g/mol. The van der Waals surface area contributed by atoms with Gasteiger partial charge in [0.05, 0.1) is 15.7 Å². The van der Waals surface area contributed by atoms with Crippen molar-refractivity contribution in [1.82, 2.24) is 4.98 Å². The van der Waals surface area contributed by atoms with E-state index in [1.165, 1.54) is 0 Å². The first-order valence-corrected chi connectivity index (χ1v) is 6.74. The third kappa shape index (κ3) is 2.26. The first-order chi connectivity index (χ1) is 9.66. The van der Waals surface area contributed by atoms with E-state index < -0.39 is 0 Å². The smallest absolute Gasteiger partial charge is 0.256 e. The topological polar surface area (TPSA) is 44.9 Å². The van der Waals surface area contributed by atoms with Gasteiger partial charge in [-0.25, -0.2) is 0 Å².